The van der Waals surface area contributed by atoms with E-state index in [1.165, 1.54) is 11.8 Å². The lowest BCUT2D eigenvalue weighted by molar-refractivity contribution is -0.115. The summed E-state index contributed by atoms with van der Waals surface area (Å²) in [6.07, 6.45) is 1.88. The van der Waals surface area contributed by atoms with E-state index in [2.05, 4.69) is 33.5 Å². The van der Waals surface area contributed by atoms with Crippen LogP contribution in [0.3, 0.4) is 0 Å². The van der Waals surface area contributed by atoms with Gasteiger partial charge >= 0.3 is 0 Å². The molecule has 1 heterocycles. The predicted molar refractivity (Wildman–Crippen MR) is 98.3 cm³/mol. The van der Waals surface area contributed by atoms with Crippen molar-refractivity contribution in [1.82, 2.24) is 15.2 Å². The number of H-pyrrole nitrogens is 1. The van der Waals surface area contributed by atoms with Crippen LogP contribution in [0.2, 0.25) is 0 Å². The van der Waals surface area contributed by atoms with Crippen LogP contribution < -0.4 is 5.32 Å². The maximum absolute atomic E-state index is 12.4. The molecule has 1 unspecified atom stereocenters. The zero-order chi connectivity index (χ0) is 16.9. The number of aromatic amines is 1. The second-order valence-corrected chi connectivity index (χ2v) is 6.93. The summed E-state index contributed by atoms with van der Waals surface area (Å²) in [7, 11) is 0. The summed E-state index contributed by atoms with van der Waals surface area (Å²) < 4.78 is 0. The Morgan fingerprint density at radius 1 is 1.25 bits per heavy atom. The molecule has 5 nitrogen and oxygen atoms in total. The molecule has 0 saturated heterocycles. The van der Waals surface area contributed by atoms with Crippen molar-refractivity contribution in [2.24, 2.45) is 0 Å². The number of aromatic nitrogens is 3. The zero-order valence-electron chi connectivity index (χ0n) is 13.7. The van der Waals surface area contributed by atoms with Crippen molar-refractivity contribution in [3.8, 4) is 0 Å². The van der Waals surface area contributed by atoms with Crippen LogP contribution in [-0.4, -0.2) is 26.3 Å². The van der Waals surface area contributed by atoms with Gasteiger partial charge in [0.25, 0.3) is 0 Å². The van der Waals surface area contributed by atoms with E-state index in [0.29, 0.717) is 5.16 Å². The fraction of sp³-hybridized carbons (Fsp3) is 0.278. The van der Waals surface area contributed by atoms with E-state index < -0.39 is 0 Å². The number of benzene rings is 2. The van der Waals surface area contributed by atoms with E-state index in [4.69, 9.17) is 0 Å². The minimum atomic E-state index is -0.276. The predicted octanol–water partition coefficient (Wildman–Crippen LogP) is 4.03. The maximum Gasteiger partial charge on any atom is 0.237 e. The van der Waals surface area contributed by atoms with Gasteiger partial charge in [0, 0.05) is 12.1 Å². The number of nitrogens with one attached hydrogen (secondary N) is 2. The van der Waals surface area contributed by atoms with Crippen LogP contribution in [0.5, 0.6) is 0 Å². The molecule has 6 heteroatoms. The van der Waals surface area contributed by atoms with Gasteiger partial charge in [-0.2, -0.15) is 0 Å². The first-order chi connectivity index (χ1) is 11.7. The number of thioether (sulfide) groups is 1. The molecule has 124 valence electrons. The Balaban J connectivity index is 1.64. The average Bonchev–Trinajstić information content (AvgIpc) is 3.02. The number of amides is 1. The highest BCUT2D eigenvalue weighted by Crippen LogP contribution is 2.23. The van der Waals surface area contributed by atoms with Crippen molar-refractivity contribution < 1.29 is 4.79 Å². The molecule has 0 saturated carbocycles. The molecule has 0 aliphatic heterocycles. The number of fused-ring (bicyclic) bond motifs is 1. The summed E-state index contributed by atoms with van der Waals surface area (Å²) in [5.41, 5.74) is 0.799. The Bertz CT molecular complexity index is 846. The van der Waals surface area contributed by atoms with Gasteiger partial charge in [0.05, 0.1) is 5.25 Å². The van der Waals surface area contributed by atoms with Crippen molar-refractivity contribution in [1.29, 1.82) is 0 Å². The van der Waals surface area contributed by atoms with Crippen molar-refractivity contribution in [2.75, 3.05) is 5.32 Å². The molecule has 0 fully saturated rings. The van der Waals surface area contributed by atoms with Gasteiger partial charge in [0.15, 0.2) is 0 Å². The maximum atomic E-state index is 12.4. The van der Waals surface area contributed by atoms with Gasteiger partial charge in [-0.25, -0.2) is 4.98 Å². The SMILES string of the molecule is CCCc1nc(SC(C)C(=O)Nc2ccc3ccccc3c2)n[nH]1. The van der Waals surface area contributed by atoms with Crippen molar-refractivity contribution in [2.45, 2.75) is 37.1 Å². The monoisotopic (exact) mass is 340 g/mol. The quantitative estimate of drug-likeness (QED) is 0.665. The molecule has 0 radical (unpaired) electrons. The summed E-state index contributed by atoms with van der Waals surface area (Å²) in [6, 6.07) is 14.0. The fourth-order valence-corrected chi connectivity index (χ4v) is 3.15. The van der Waals surface area contributed by atoms with Gasteiger partial charge in [-0.3, -0.25) is 9.89 Å². The molecule has 0 aliphatic rings. The summed E-state index contributed by atoms with van der Waals surface area (Å²) >= 11 is 1.36. The molecule has 2 aromatic carbocycles. The highest BCUT2D eigenvalue weighted by molar-refractivity contribution is 8.00. The van der Waals surface area contributed by atoms with Crippen molar-refractivity contribution in [3.05, 3.63) is 48.3 Å². The number of nitrogens with zero attached hydrogens (tertiary/aromatic N) is 2. The van der Waals surface area contributed by atoms with E-state index in [1.807, 2.05) is 43.3 Å². The second kappa shape index (κ2) is 7.49. The Morgan fingerprint density at radius 2 is 2.04 bits per heavy atom. The van der Waals surface area contributed by atoms with Crippen molar-refractivity contribution >= 4 is 34.1 Å². The standard InChI is InChI=1S/C18H20N4OS/c1-3-6-16-20-18(22-21-16)24-12(2)17(23)19-15-10-9-13-7-4-5-8-14(13)11-15/h4-5,7-12H,3,6H2,1-2H3,(H,19,23)(H,20,21,22). The van der Waals surface area contributed by atoms with E-state index in [1.54, 1.807) is 0 Å². The lowest BCUT2D eigenvalue weighted by Gasteiger charge is -2.10. The summed E-state index contributed by atoms with van der Waals surface area (Å²) in [5.74, 6) is 0.805. The first kappa shape index (κ1) is 16.5. The third-order valence-electron chi connectivity index (χ3n) is 3.67. The van der Waals surface area contributed by atoms with E-state index in [0.717, 1.165) is 35.1 Å². The van der Waals surface area contributed by atoms with Gasteiger partial charge in [-0.05, 0) is 36.2 Å². The van der Waals surface area contributed by atoms with Crippen LogP contribution in [0.1, 0.15) is 26.1 Å². The van der Waals surface area contributed by atoms with Crippen LogP contribution in [-0.2, 0) is 11.2 Å². The Hall–Kier alpha value is -2.34. The van der Waals surface area contributed by atoms with E-state index in [-0.39, 0.29) is 11.2 Å². The van der Waals surface area contributed by atoms with Crippen LogP contribution in [0.4, 0.5) is 5.69 Å². The smallest absolute Gasteiger partial charge is 0.237 e. The molecule has 0 bridgehead atoms. The third kappa shape index (κ3) is 3.94. The molecule has 0 spiro atoms. The highest BCUT2D eigenvalue weighted by Gasteiger charge is 2.17. The van der Waals surface area contributed by atoms with Gasteiger partial charge < -0.3 is 5.32 Å². The normalized spacial score (nSPS) is 12.2. The molecule has 3 aromatic rings. The van der Waals surface area contributed by atoms with Gasteiger partial charge in [0.1, 0.15) is 5.82 Å². The van der Waals surface area contributed by atoms with Gasteiger partial charge in [-0.15, -0.1) is 5.10 Å². The first-order valence-electron chi connectivity index (χ1n) is 8.03. The van der Waals surface area contributed by atoms with E-state index in [9.17, 15) is 4.79 Å². The molecular formula is C18H20N4OS. The fourth-order valence-electron chi connectivity index (χ4n) is 2.40. The number of hydrogen-bond donors (Lipinski definition) is 2. The molecule has 1 aromatic heterocycles. The van der Waals surface area contributed by atoms with Crippen LogP contribution in [0.25, 0.3) is 10.8 Å². The number of carbonyl (C=O) groups is 1. The molecule has 1 atom stereocenters. The van der Waals surface area contributed by atoms with Crippen molar-refractivity contribution in [3.63, 3.8) is 0 Å². The van der Waals surface area contributed by atoms with Gasteiger partial charge in [0.2, 0.25) is 11.1 Å². The largest absolute Gasteiger partial charge is 0.325 e. The zero-order valence-corrected chi connectivity index (χ0v) is 14.6. The number of hydrogen-bond acceptors (Lipinski definition) is 4. The lowest BCUT2D eigenvalue weighted by atomic mass is 10.1. The second-order valence-electron chi connectivity index (χ2n) is 5.63. The molecular weight excluding hydrogens is 320 g/mol. The molecule has 3 rings (SSSR count). The van der Waals surface area contributed by atoms with Gasteiger partial charge in [-0.1, -0.05) is 49.0 Å². The van der Waals surface area contributed by atoms with Crippen LogP contribution in [0, 0.1) is 0 Å². The molecule has 0 aliphatic carbocycles. The first-order valence-corrected chi connectivity index (χ1v) is 8.91. The molecule has 1 amide bonds. The highest BCUT2D eigenvalue weighted by atomic mass is 32.2. The topological polar surface area (TPSA) is 70.7 Å². The molecule has 2 N–H and O–H groups in total. The van der Waals surface area contributed by atoms with Crippen LogP contribution in [0.15, 0.2) is 47.6 Å². The Kier molecular flexibility index (Phi) is 5.15. The molecule has 24 heavy (non-hydrogen) atoms. The van der Waals surface area contributed by atoms with Crippen LogP contribution >= 0.6 is 11.8 Å². The summed E-state index contributed by atoms with van der Waals surface area (Å²) in [4.78, 5) is 16.8. The minimum absolute atomic E-state index is 0.0582. The number of anilines is 1. The Labute approximate surface area is 145 Å². The number of aryl methyl sites for hydroxylation is 1. The third-order valence-corrected chi connectivity index (χ3v) is 4.63. The summed E-state index contributed by atoms with van der Waals surface area (Å²) in [5, 5.41) is 12.6. The number of carbonyl (C=O) groups excluding carboxylic acids is 1. The Morgan fingerprint density at radius 3 is 2.83 bits per heavy atom. The van der Waals surface area contributed by atoms with E-state index >= 15 is 0 Å². The average molecular weight is 340 g/mol. The lowest BCUT2D eigenvalue weighted by Crippen LogP contribution is -2.22. The number of rotatable bonds is 6. The summed E-state index contributed by atoms with van der Waals surface area (Å²) in [6.45, 7) is 3.95. The minimum Gasteiger partial charge on any atom is -0.325 e.